The van der Waals surface area contributed by atoms with Crippen molar-refractivity contribution in [1.29, 1.82) is 0 Å². The summed E-state index contributed by atoms with van der Waals surface area (Å²) < 4.78 is 5.03. The van der Waals surface area contributed by atoms with E-state index in [1.807, 2.05) is 11.4 Å². The van der Waals surface area contributed by atoms with E-state index in [0.717, 1.165) is 0 Å². The molecule has 2 aromatic rings. The number of ether oxygens (including phenoxy) is 1. The number of thiophene rings is 1. The van der Waals surface area contributed by atoms with Crippen molar-refractivity contribution in [2.45, 2.75) is 12.8 Å². The van der Waals surface area contributed by atoms with Crippen LogP contribution in [0.2, 0.25) is 0 Å². The molecule has 98 valence electrons. The van der Waals surface area contributed by atoms with Gasteiger partial charge in [0.25, 0.3) is 0 Å². The van der Waals surface area contributed by atoms with Crippen molar-refractivity contribution in [2.75, 3.05) is 7.11 Å². The van der Waals surface area contributed by atoms with Gasteiger partial charge in [0.05, 0.1) is 12.0 Å². The molecule has 1 aromatic carbocycles. The molecular weight excluding hydrogens is 260 g/mol. The van der Waals surface area contributed by atoms with Gasteiger partial charge in [-0.2, -0.15) is 0 Å². The summed E-state index contributed by atoms with van der Waals surface area (Å²) in [5.74, 6) is 0.718. The van der Waals surface area contributed by atoms with Crippen molar-refractivity contribution in [3.8, 4) is 5.75 Å². The van der Waals surface area contributed by atoms with E-state index in [9.17, 15) is 9.59 Å². The molecule has 0 N–H and O–H groups in total. The van der Waals surface area contributed by atoms with E-state index < -0.39 is 0 Å². The third kappa shape index (κ3) is 3.51. The summed E-state index contributed by atoms with van der Waals surface area (Å²) in [6, 6.07) is 10.5. The van der Waals surface area contributed by atoms with E-state index in [0.29, 0.717) is 16.2 Å². The molecule has 19 heavy (non-hydrogen) atoms. The molecule has 0 atom stereocenters. The quantitative estimate of drug-likeness (QED) is 0.756. The summed E-state index contributed by atoms with van der Waals surface area (Å²) in [5, 5.41) is 1.86. The lowest BCUT2D eigenvalue weighted by Gasteiger charge is -2.02. The first kappa shape index (κ1) is 13.5. The molecule has 0 saturated carbocycles. The van der Waals surface area contributed by atoms with Crippen LogP contribution in [0.15, 0.2) is 41.8 Å². The van der Waals surface area contributed by atoms with Crippen LogP contribution in [0.1, 0.15) is 32.9 Å². The number of Topliss-reactive ketones (excluding diaryl/α,β-unsaturated/α-hetero) is 2. The van der Waals surface area contributed by atoms with E-state index in [1.165, 1.54) is 11.3 Å². The lowest BCUT2D eigenvalue weighted by molar-refractivity contribution is 0.0919. The Morgan fingerprint density at radius 2 is 1.74 bits per heavy atom. The number of hydrogen-bond acceptors (Lipinski definition) is 4. The molecule has 0 saturated heterocycles. The van der Waals surface area contributed by atoms with Crippen LogP contribution in [0.25, 0.3) is 0 Å². The van der Waals surface area contributed by atoms with Crippen LogP contribution in [0.5, 0.6) is 5.75 Å². The highest BCUT2D eigenvalue weighted by molar-refractivity contribution is 7.12. The highest BCUT2D eigenvalue weighted by atomic mass is 32.1. The monoisotopic (exact) mass is 274 g/mol. The van der Waals surface area contributed by atoms with Gasteiger partial charge in [-0.1, -0.05) is 6.07 Å². The number of rotatable bonds is 6. The van der Waals surface area contributed by atoms with Crippen LogP contribution in [-0.2, 0) is 0 Å². The van der Waals surface area contributed by atoms with Crippen molar-refractivity contribution in [1.82, 2.24) is 0 Å². The van der Waals surface area contributed by atoms with Crippen LogP contribution < -0.4 is 4.74 Å². The molecule has 4 heteroatoms. The summed E-state index contributed by atoms with van der Waals surface area (Å²) >= 11 is 1.41. The number of benzene rings is 1. The second kappa shape index (κ2) is 6.29. The maximum Gasteiger partial charge on any atom is 0.173 e. The van der Waals surface area contributed by atoms with Gasteiger partial charge in [-0.05, 0) is 35.7 Å². The largest absolute Gasteiger partial charge is 0.497 e. The second-order valence-corrected chi connectivity index (χ2v) is 5.00. The molecule has 0 aliphatic carbocycles. The minimum absolute atomic E-state index is 0.0208. The van der Waals surface area contributed by atoms with Crippen molar-refractivity contribution in [3.05, 3.63) is 52.2 Å². The minimum Gasteiger partial charge on any atom is -0.497 e. The summed E-state index contributed by atoms with van der Waals surface area (Å²) in [6.07, 6.45) is 0.494. The zero-order valence-electron chi connectivity index (χ0n) is 10.6. The van der Waals surface area contributed by atoms with Gasteiger partial charge in [0, 0.05) is 18.4 Å². The Morgan fingerprint density at radius 1 is 1.05 bits per heavy atom. The van der Waals surface area contributed by atoms with Crippen LogP contribution >= 0.6 is 11.3 Å². The fraction of sp³-hybridized carbons (Fsp3) is 0.200. The molecule has 0 amide bonds. The first-order chi connectivity index (χ1) is 9.20. The van der Waals surface area contributed by atoms with Crippen LogP contribution in [-0.4, -0.2) is 18.7 Å². The van der Waals surface area contributed by atoms with Crippen molar-refractivity contribution >= 4 is 22.9 Å². The number of carbonyl (C=O) groups excluding carboxylic acids is 2. The fourth-order valence-electron chi connectivity index (χ4n) is 1.71. The van der Waals surface area contributed by atoms with Gasteiger partial charge in [0.2, 0.25) is 0 Å². The summed E-state index contributed by atoms with van der Waals surface area (Å²) in [7, 11) is 1.58. The lowest BCUT2D eigenvalue weighted by Crippen LogP contribution is -2.04. The van der Waals surface area contributed by atoms with E-state index in [4.69, 9.17) is 4.74 Å². The lowest BCUT2D eigenvalue weighted by atomic mass is 10.0. The van der Waals surface area contributed by atoms with Gasteiger partial charge in [0.15, 0.2) is 11.6 Å². The zero-order chi connectivity index (χ0) is 13.7. The Bertz CT molecular complexity index is 556. The van der Waals surface area contributed by atoms with Crippen LogP contribution in [0.4, 0.5) is 0 Å². The standard InChI is InChI=1S/C15H14O3S/c1-18-12-6-4-11(5-7-12)13(16)8-9-14(17)15-3-2-10-19-15/h2-7,10H,8-9H2,1H3. The smallest absolute Gasteiger partial charge is 0.173 e. The predicted molar refractivity (Wildman–Crippen MR) is 75.2 cm³/mol. The molecular formula is C15H14O3S. The molecule has 3 nitrogen and oxygen atoms in total. The Morgan fingerprint density at radius 3 is 2.32 bits per heavy atom. The second-order valence-electron chi connectivity index (χ2n) is 4.05. The maximum atomic E-state index is 11.9. The zero-order valence-corrected chi connectivity index (χ0v) is 11.4. The van der Waals surface area contributed by atoms with Crippen molar-refractivity contribution in [2.24, 2.45) is 0 Å². The first-order valence-corrected chi connectivity index (χ1v) is 6.82. The normalized spacial score (nSPS) is 10.2. The molecule has 0 radical (unpaired) electrons. The fourth-order valence-corrected chi connectivity index (χ4v) is 2.40. The molecule has 0 spiro atoms. The Kier molecular flexibility index (Phi) is 4.47. The Labute approximate surface area is 115 Å². The number of ketones is 2. The van der Waals surface area contributed by atoms with Gasteiger partial charge in [0.1, 0.15) is 5.75 Å². The van der Waals surface area contributed by atoms with Crippen LogP contribution in [0.3, 0.4) is 0 Å². The molecule has 0 bridgehead atoms. The Balaban J connectivity index is 1.92. The number of hydrogen-bond donors (Lipinski definition) is 0. The molecule has 0 aliphatic heterocycles. The highest BCUT2D eigenvalue weighted by Crippen LogP contribution is 2.16. The molecule has 2 rings (SSSR count). The number of carbonyl (C=O) groups is 2. The van der Waals surface area contributed by atoms with E-state index in [2.05, 4.69) is 0 Å². The molecule has 0 fully saturated rings. The minimum atomic E-state index is -0.0208. The van der Waals surface area contributed by atoms with Gasteiger partial charge in [-0.25, -0.2) is 0 Å². The average Bonchev–Trinajstić information content (AvgIpc) is 2.98. The third-order valence-corrected chi connectivity index (χ3v) is 3.70. The first-order valence-electron chi connectivity index (χ1n) is 5.94. The summed E-state index contributed by atoms with van der Waals surface area (Å²) in [4.78, 5) is 24.4. The molecule has 0 aliphatic rings. The van der Waals surface area contributed by atoms with Gasteiger partial charge >= 0.3 is 0 Å². The average molecular weight is 274 g/mol. The van der Waals surface area contributed by atoms with Crippen LogP contribution in [0, 0.1) is 0 Å². The summed E-state index contributed by atoms with van der Waals surface area (Å²) in [6.45, 7) is 0. The molecule has 1 heterocycles. The predicted octanol–water partition coefficient (Wildman–Crippen LogP) is 3.60. The van der Waals surface area contributed by atoms with Crippen molar-refractivity contribution in [3.63, 3.8) is 0 Å². The van der Waals surface area contributed by atoms with E-state index in [-0.39, 0.29) is 24.4 Å². The van der Waals surface area contributed by atoms with Gasteiger partial charge < -0.3 is 4.74 Å². The number of methoxy groups -OCH3 is 1. The van der Waals surface area contributed by atoms with E-state index >= 15 is 0 Å². The summed E-state index contributed by atoms with van der Waals surface area (Å²) in [5.41, 5.74) is 0.611. The molecule has 1 aromatic heterocycles. The van der Waals surface area contributed by atoms with Gasteiger partial charge in [-0.3, -0.25) is 9.59 Å². The maximum absolute atomic E-state index is 11.9. The Hall–Kier alpha value is -1.94. The molecule has 0 unspecified atom stereocenters. The highest BCUT2D eigenvalue weighted by Gasteiger charge is 2.11. The van der Waals surface area contributed by atoms with E-state index in [1.54, 1.807) is 37.4 Å². The SMILES string of the molecule is COc1ccc(C(=O)CCC(=O)c2cccs2)cc1. The topological polar surface area (TPSA) is 43.4 Å². The van der Waals surface area contributed by atoms with Crippen molar-refractivity contribution < 1.29 is 14.3 Å². The third-order valence-electron chi connectivity index (χ3n) is 2.79. The van der Waals surface area contributed by atoms with Gasteiger partial charge in [-0.15, -0.1) is 11.3 Å².